The Hall–Kier alpha value is -2.15. The maximum Gasteiger partial charge on any atom is 0.250 e. The summed E-state index contributed by atoms with van der Waals surface area (Å²) < 4.78 is 14.9. The first-order valence-electron chi connectivity index (χ1n) is 6.83. The Kier molecular flexibility index (Phi) is 5.71. The summed E-state index contributed by atoms with van der Waals surface area (Å²) in [7, 11) is 0. The molecule has 116 valence electrons. The number of carbonyl (C=O) groups excluding carboxylic acids is 1. The quantitative estimate of drug-likeness (QED) is 0.505. The molecule has 1 N–H and O–H groups in total. The lowest BCUT2D eigenvalue weighted by atomic mass is 10.2. The van der Waals surface area contributed by atoms with Crippen LogP contribution in [0.2, 0.25) is 0 Å². The molecule has 1 heterocycles. The fraction of sp³-hybridized carbons (Fsp3) is 0.267. The predicted molar refractivity (Wildman–Crippen MR) is 85.5 cm³/mol. The third-order valence-corrected chi connectivity index (χ3v) is 3.90. The Morgan fingerprint density at radius 1 is 1.45 bits per heavy atom. The first-order valence-corrected chi connectivity index (χ1v) is 7.81. The Bertz CT molecular complexity index is 667. The van der Waals surface area contributed by atoms with Crippen LogP contribution in [0.3, 0.4) is 0 Å². The third-order valence-electron chi connectivity index (χ3n) is 2.88. The van der Waals surface area contributed by atoms with Crippen molar-refractivity contribution >= 4 is 23.9 Å². The Morgan fingerprint density at radius 2 is 2.18 bits per heavy atom. The van der Waals surface area contributed by atoms with Gasteiger partial charge in [0.15, 0.2) is 0 Å². The number of thioether (sulfide) groups is 1. The van der Waals surface area contributed by atoms with Crippen LogP contribution in [0, 0.1) is 12.9 Å². The highest BCUT2D eigenvalue weighted by Crippen LogP contribution is 2.17. The molecule has 2 aromatic rings. The van der Waals surface area contributed by atoms with E-state index in [1.165, 1.54) is 34.4 Å². The molecule has 5 nitrogen and oxygen atoms in total. The number of benzene rings is 1. The van der Waals surface area contributed by atoms with E-state index in [0.717, 1.165) is 4.90 Å². The summed E-state index contributed by atoms with van der Waals surface area (Å²) in [6, 6.07) is 7.91. The first kappa shape index (κ1) is 16.2. The molecule has 0 spiro atoms. The lowest BCUT2D eigenvalue weighted by Gasteiger charge is -2.01. The fourth-order valence-electron chi connectivity index (χ4n) is 1.68. The highest BCUT2D eigenvalue weighted by molar-refractivity contribution is 8.00. The SMILES string of the molecule is CCn1ncc(/C=N\NC(=O)CSc2ccc(C)cc2)c1F. The van der Waals surface area contributed by atoms with Crippen molar-refractivity contribution in [2.24, 2.45) is 5.10 Å². The molecule has 1 aromatic carbocycles. The summed E-state index contributed by atoms with van der Waals surface area (Å²) in [5, 5.41) is 7.59. The summed E-state index contributed by atoms with van der Waals surface area (Å²) >= 11 is 1.42. The minimum atomic E-state index is -0.463. The summed E-state index contributed by atoms with van der Waals surface area (Å²) in [6.07, 6.45) is 2.62. The highest BCUT2D eigenvalue weighted by atomic mass is 32.2. The van der Waals surface area contributed by atoms with Crippen molar-refractivity contribution < 1.29 is 9.18 Å². The normalized spacial score (nSPS) is 11.0. The van der Waals surface area contributed by atoms with Crippen molar-refractivity contribution in [3.8, 4) is 0 Å². The third kappa shape index (κ3) is 4.42. The van der Waals surface area contributed by atoms with Gasteiger partial charge in [0.25, 0.3) is 0 Å². The predicted octanol–water partition coefficient (Wildman–Crippen LogP) is 2.59. The molecule has 0 aliphatic rings. The maximum atomic E-state index is 13.7. The van der Waals surface area contributed by atoms with Crippen LogP contribution in [0.5, 0.6) is 0 Å². The number of hydrogen-bond acceptors (Lipinski definition) is 4. The number of aromatic nitrogens is 2. The largest absolute Gasteiger partial charge is 0.272 e. The molecular weight excluding hydrogens is 303 g/mol. The Balaban J connectivity index is 1.80. The van der Waals surface area contributed by atoms with Crippen molar-refractivity contribution in [3.63, 3.8) is 0 Å². The molecule has 0 atom stereocenters. The van der Waals surface area contributed by atoms with E-state index in [9.17, 15) is 9.18 Å². The molecule has 0 radical (unpaired) electrons. The van der Waals surface area contributed by atoms with Crippen molar-refractivity contribution in [1.82, 2.24) is 15.2 Å². The van der Waals surface area contributed by atoms with E-state index in [1.807, 2.05) is 31.2 Å². The number of nitrogens with one attached hydrogen (secondary N) is 1. The topological polar surface area (TPSA) is 59.3 Å². The van der Waals surface area contributed by atoms with Crippen LogP contribution in [-0.2, 0) is 11.3 Å². The molecule has 0 bridgehead atoms. The number of amides is 1. The van der Waals surface area contributed by atoms with Crippen LogP contribution in [0.25, 0.3) is 0 Å². The molecule has 0 saturated heterocycles. The van der Waals surface area contributed by atoms with E-state index in [-0.39, 0.29) is 17.2 Å². The summed E-state index contributed by atoms with van der Waals surface area (Å²) in [4.78, 5) is 12.7. The van der Waals surface area contributed by atoms with E-state index < -0.39 is 5.95 Å². The van der Waals surface area contributed by atoms with Crippen molar-refractivity contribution in [2.45, 2.75) is 25.3 Å². The van der Waals surface area contributed by atoms with Crippen molar-refractivity contribution in [2.75, 3.05) is 5.75 Å². The lowest BCUT2D eigenvalue weighted by Crippen LogP contribution is -2.19. The lowest BCUT2D eigenvalue weighted by molar-refractivity contribution is -0.118. The summed E-state index contributed by atoms with van der Waals surface area (Å²) in [5.41, 5.74) is 3.79. The molecule has 0 saturated carbocycles. The molecule has 22 heavy (non-hydrogen) atoms. The summed E-state index contributed by atoms with van der Waals surface area (Å²) in [5.74, 6) is -0.462. The van der Waals surface area contributed by atoms with Gasteiger partial charge in [-0.3, -0.25) is 4.79 Å². The number of halogens is 1. The maximum absolute atomic E-state index is 13.7. The van der Waals surface area contributed by atoms with Gasteiger partial charge >= 0.3 is 0 Å². The van der Waals surface area contributed by atoms with Gasteiger partial charge in [-0.1, -0.05) is 17.7 Å². The zero-order chi connectivity index (χ0) is 15.9. The fourth-order valence-corrected chi connectivity index (χ4v) is 2.37. The smallest absolute Gasteiger partial charge is 0.250 e. The second-order valence-electron chi connectivity index (χ2n) is 4.60. The number of rotatable bonds is 6. The standard InChI is InChI=1S/C15H17FN4OS/c1-3-20-15(16)12(9-18-20)8-17-19-14(21)10-22-13-6-4-11(2)5-7-13/h4-9H,3,10H2,1-2H3,(H,19,21)/b17-8-. The molecule has 0 aliphatic carbocycles. The van der Waals surface area contributed by atoms with Gasteiger partial charge in [0, 0.05) is 11.4 Å². The van der Waals surface area contributed by atoms with Gasteiger partial charge < -0.3 is 0 Å². The van der Waals surface area contributed by atoms with Crippen LogP contribution in [0.15, 0.2) is 40.5 Å². The zero-order valence-electron chi connectivity index (χ0n) is 12.4. The minimum Gasteiger partial charge on any atom is -0.272 e. The number of hydrazone groups is 1. The zero-order valence-corrected chi connectivity index (χ0v) is 13.2. The van der Waals surface area contributed by atoms with Gasteiger partial charge in [-0.2, -0.15) is 14.6 Å². The van der Waals surface area contributed by atoms with E-state index in [1.54, 1.807) is 6.92 Å². The van der Waals surface area contributed by atoms with Gasteiger partial charge in [0.2, 0.25) is 11.9 Å². The van der Waals surface area contributed by atoms with Gasteiger partial charge in [0.05, 0.1) is 23.7 Å². The van der Waals surface area contributed by atoms with E-state index >= 15 is 0 Å². The van der Waals surface area contributed by atoms with Crippen LogP contribution in [-0.4, -0.2) is 27.7 Å². The monoisotopic (exact) mass is 320 g/mol. The molecule has 2 rings (SSSR count). The summed E-state index contributed by atoms with van der Waals surface area (Å²) in [6.45, 7) is 4.25. The van der Waals surface area contributed by atoms with Crippen LogP contribution < -0.4 is 5.43 Å². The van der Waals surface area contributed by atoms with Gasteiger partial charge in [-0.15, -0.1) is 11.8 Å². The Labute approximate surface area is 132 Å². The van der Waals surface area contributed by atoms with E-state index in [2.05, 4.69) is 15.6 Å². The second-order valence-corrected chi connectivity index (χ2v) is 5.65. The van der Waals surface area contributed by atoms with Gasteiger partial charge in [-0.25, -0.2) is 10.1 Å². The average molecular weight is 320 g/mol. The molecule has 1 amide bonds. The van der Waals surface area contributed by atoms with Crippen LogP contribution in [0.4, 0.5) is 4.39 Å². The molecule has 0 unspecified atom stereocenters. The van der Waals surface area contributed by atoms with E-state index in [4.69, 9.17) is 0 Å². The molecule has 0 aliphatic heterocycles. The Morgan fingerprint density at radius 3 is 2.82 bits per heavy atom. The van der Waals surface area contributed by atoms with Crippen molar-refractivity contribution in [3.05, 3.63) is 47.5 Å². The number of hydrogen-bond donors (Lipinski definition) is 1. The molecular formula is C15H17FN4OS. The number of nitrogens with zero attached hydrogens (tertiary/aromatic N) is 3. The minimum absolute atomic E-state index is 0.244. The molecule has 1 aromatic heterocycles. The van der Waals surface area contributed by atoms with Crippen LogP contribution >= 0.6 is 11.8 Å². The van der Waals surface area contributed by atoms with Crippen molar-refractivity contribution in [1.29, 1.82) is 0 Å². The highest BCUT2D eigenvalue weighted by Gasteiger charge is 2.07. The van der Waals surface area contributed by atoms with E-state index in [0.29, 0.717) is 6.54 Å². The number of aryl methyl sites for hydroxylation is 2. The average Bonchev–Trinajstić information content (AvgIpc) is 2.87. The first-order chi connectivity index (χ1) is 10.6. The second kappa shape index (κ2) is 7.74. The van der Waals surface area contributed by atoms with Crippen LogP contribution in [0.1, 0.15) is 18.1 Å². The van der Waals surface area contributed by atoms with Gasteiger partial charge in [-0.05, 0) is 26.0 Å². The van der Waals surface area contributed by atoms with Gasteiger partial charge in [0.1, 0.15) is 0 Å². The number of carbonyl (C=O) groups is 1. The molecule has 0 fully saturated rings. The molecule has 7 heteroatoms.